The van der Waals surface area contributed by atoms with Gasteiger partial charge in [-0.15, -0.1) is 0 Å². The molecule has 0 bridgehead atoms. The van der Waals surface area contributed by atoms with E-state index in [2.05, 4.69) is 20.5 Å². The van der Waals surface area contributed by atoms with Crippen molar-refractivity contribution in [1.82, 2.24) is 19.8 Å². The molecule has 1 atom stereocenters. The minimum Gasteiger partial charge on any atom is -0.364 e. The number of piperidine rings is 1. The van der Waals surface area contributed by atoms with Crippen molar-refractivity contribution in [2.75, 3.05) is 37.2 Å². The number of hydrogen-bond acceptors (Lipinski definition) is 7. The van der Waals surface area contributed by atoms with E-state index in [-0.39, 0.29) is 32.6 Å². The summed E-state index contributed by atoms with van der Waals surface area (Å²) in [6.45, 7) is 4.84. The third kappa shape index (κ3) is 6.69. The predicted octanol–water partition coefficient (Wildman–Crippen LogP) is 3.52. The lowest BCUT2D eigenvalue weighted by molar-refractivity contribution is 0.0924. The summed E-state index contributed by atoms with van der Waals surface area (Å²) in [6.07, 6.45) is 4.90. The summed E-state index contributed by atoms with van der Waals surface area (Å²) in [4.78, 5) is 44.6. The molecule has 1 unspecified atom stereocenters. The zero-order valence-corrected chi connectivity index (χ0v) is 23.7. The number of amides is 3. The van der Waals surface area contributed by atoms with Crippen LogP contribution in [0.3, 0.4) is 0 Å². The zero-order chi connectivity index (χ0) is 28.9. The van der Waals surface area contributed by atoms with Crippen LogP contribution in [0, 0.1) is 4.78 Å². The number of halogens is 1. The van der Waals surface area contributed by atoms with Crippen LogP contribution >= 0.6 is 11.6 Å². The molecule has 0 radical (unpaired) electrons. The van der Waals surface area contributed by atoms with E-state index in [4.69, 9.17) is 22.1 Å². The molecule has 2 heterocycles. The first-order valence-corrected chi connectivity index (χ1v) is 15.1. The van der Waals surface area contributed by atoms with Gasteiger partial charge in [0.15, 0.2) is 5.69 Å². The van der Waals surface area contributed by atoms with Gasteiger partial charge in [-0.3, -0.25) is 19.0 Å². The zero-order valence-electron chi connectivity index (χ0n) is 22.1. The molecule has 1 aliphatic heterocycles. The van der Waals surface area contributed by atoms with Crippen LogP contribution in [0.15, 0.2) is 53.7 Å². The molecule has 1 fully saturated rings. The molecule has 11 nitrogen and oxygen atoms in total. The second-order valence-electron chi connectivity index (χ2n) is 9.44. The minimum atomic E-state index is -2.96. The number of anilines is 1. The fourth-order valence-corrected chi connectivity index (χ4v) is 5.76. The van der Waals surface area contributed by atoms with Crippen molar-refractivity contribution in [3.05, 3.63) is 70.8 Å². The number of primary amides is 1. The van der Waals surface area contributed by atoms with Crippen molar-refractivity contribution in [1.29, 1.82) is 4.78 Å². The summed E-state index contributed by atoms with van der Waals surface area (Å²) in [5.41, 5.74) is 6.64. The molecular weight excluding hydrogens is 554 g/mol. The molecule has 5 N–H and O–H groups in total. The largest absolute Gasteiger partial charge is 0.364 e. The van der Waals surface area contributed by atoms with Crippen LogP contribution in [0.25, 0.3) is 5.69 Å². The monoisotopic (exact) mass is 585 g/mol. The molecule has 0 saturated carbocycles. The first-order valence-electron chi connectivity index (χ1n) is 13.0. The maximum Gasteiger partial charge on any atom is 0.272 e. The number of benzene rings is 2. The number of nitrogens with zero attached hydrogens (tertiary/aromatic N) is 3. The van der Waals surface area contributed by atoms with Crippen molar-refractivity contribution >= 4 is 44.7 Å². The average molecular weight is 586 g/mol. The van der Waals surface area contributed by atoms with Crippen molar-refractivity contribution in [3.63, 3.8) is 0 Å². The highest BCUT2D eigenvalue weighted by atomic mass is 35.5. The van der Waals surface area contributed by atoms with Gasteiger partial charge in [-0.2, -0.15) is 0 Å². The number of likely N-dealkylation sites (tertiary alicyclic amines) is 1. The van der Waals surface area contributed by atoms with Crippen LogP contribution in [-0.4, -0.2) is 68.3 Å². The number of carbonyl (C=O) groups excluding carboxylic acids is 3. The molecule has 212 valence electrons. The quantitative estimate of drug-likeness (QED) is 0.284. The summed E-state index contributed by atoms with van der Waals surface area (Å²) >= 11 is 6.25. The predicted molar refractivity (Wildman–Crippen MR) is 154 cm³/mol. The molecule has 4 rings (SSSR count). The molecule has 3 amide bonds. The maximum atomic E-state index is 12.8. The van der Waals surface area contributed by atoms with E-state index in [0.717, 1.165) is 32.5 Å². The Bertz CT molecular complexity index is 1510. The van der Waals surface area contributed by atoms with Gasteiger partial charge in [-0.25, -0.2) is 14.0 Å². The van der Waals surface area contributed by atoms with Crippen LogP contribution in [0.2, 0.25) is 5.02 Å². The molecule has 0 aliphatic carbocycles. The summed E-state index contributed by atoms with van der Waals surface area (Å²) in [7, 11) is -2.96. The fourth-order valence-electron chi connectivity index (χ4n) is 4.50. The highest BCUT2D eigenvalue weighted by Crippen LogP contribution is 2.24. The van der Waals surface area contributed by atoms with Gasteiger partial charge in [0.2, 0.25) is 0 Å². The van der Waals surface area contributed by atoms with Crippen molar-refractivity contribution in [3.8, 4) is 5.69 Å². The summed E-state index contributed by atoms with van der Waals surface area (Å²) < 4.78 is 21.6. The van der Waals surface area contributed by atoms with E-state index in [1.165, 1.54) is 35.5 Å². The Morgan fingerprint density at radius 3 is 2.40 bits per heavy atom. The molecule has 1 aliphatic rings. The molecule has 3 aromatic rings. The number of nitrogens with one attached hydrogen (secondary N) is 3. The average Bonchev–Trinajstić information content (AvgIpc) is 3.40. The van der Waals surface area contributed by atoms with Crippen LogP contribution < -0.4 is 16.4 Å². The third-order valence-corrected chi connectivity index (χ3v) is 8.90. The number of hydrogen-bond donors (Lipinski definition) is 4. The second-order valence-corrected chi connectivity index (χ2v) is 12.2. The molecule has 1 saturated heterocycles. The van der Waals surface area contributed by atoms with E-state index in [1.54, 1.807) is 31.2 Å². The van der Waals surface area contributed by atoms with Crippen molar-refractivity contribution < 1.29 is 18.6 Å². The minimum absolute atomic E-state index is 0.0443. The van der Waals surface area contributed by atoms with E-state index in [1.807, 2.05) is 0 Å². The Hall–Kier alpha value is -3.74. The lowest BCUT2D eigenvalue weighted by Gasteiger charge is -2.26. The lowest BCUT2D eigenvalue weighted by atomic mass is 10.1. The number of rotatable bonds is 10. The lowest BCUT2D eigenvalue weighted by Crippen LogP contribution is -2.38. The molecule has 2 aromatic carbocycles. The fraction of sp³-hybridized carbons (Fsp3) is 0.333. The SMILES string of the molecule is CCS(=N)(=O)c1ccc(C(=O)Nc2ccc(-n3cnc(C(=O)NCCN4CCCCC4)c3C(N)=O)cc2)c(Cl)c1. The van der Waals surface area contributed by atoms with E-state index in [9.17, 15) is 18.6 Å². The first-order chi connectivity index (χ1) is 19.1. The first kappa shape index (κ1) is 29.2. The Balaban J connectivity index is 1.45. The van der Waals surface area contributed by atoms with Crippen LogP contribution in [-0.2, 0) is 9.73 Å². The normalized spacial score (nSPS) is 15.2. The van der Waals surface area contributed by atoms with Crippen molar-refractivity contribution in [2.24, 2.45) is 5.73 Å². The summed E-state index contributed by atoms with van der Waals surface area (Å²) in [5.74, 6) is -1.62. The van der Waals surface area contributed by atoms with Gasteiger partial charge in [0.05, 0.1) is 20.3 Å². The Morgan fingerprint density at radius 1 is 1.07 bits per heavy atom. The van der Waals surface area contributed by atoms with Gasteiger partial charge in [0, 0.05) is 35.1 Å². The summed E-state index contributed by atoms with van der Waals surface area (Å²) in [5, 5.41) is 5.65. The molecule has 40 heavy (non-hydrogen) atoms. The number of carbonyl (C=O) groups is 3. The molecule has 1 aromatic heterocycles. The van der Waals surface area contributed by atoms with Crippen LogP contribution in [0.1, 0.15) is 57.5 Å². The highest BCUT2D eigenvalue weighted by molar-refractivity contribution is 7.92. The standard InChI is InChI=1S/C27H32ClN7O4S/c1-2-40(30,39)20-10-11-21(22(28)16-20)26(37)33-18-6-8-19(9-7-18)35-17-32-23(24(35)25(29)36)27(38)31-12-15-34-13-4-3-5-14-34/h6-11,16-17,30H,2-5,12-15H2,1H3,(H2,29,36)(H,31,38)(H,33,37). The number of aromatic nitrogens is 2. The maximum absolute atomic E-state index is 12.8. The second kappa shape index (κ2) is 12.6. The molecule has 13 heteroatoms. The highest BCUT2D eigenvalue weighted by Gasteiger charge is 2.23. The van der Waals surface area contributed by atoms with Crippen LogP contribution in [0.4, 0.5) is 5.69 Å². The third-order valence-electron chi connectivity index (χ3n) is 6.75. The van der Waals surface area contributed by atoms with Gasteiger partial charge in [0.25, 0.3) is 17.7 Å². The molecular formula is C27H32ClN7O4S. The Morgan fingerprint density at radius 2 is 1.77 bits per heavy atom. The van der Waals surface area contributed by atoms with Gasteiger partial charge in [-0.05, 0) is 68.4 Å². The smallest absolute Gasteiger partial charge is 0.272 e. The van der Waals surface area contributed by atoms with Crippen molar-refractivity contribution in [2.45, 2.75) is 31.1 Å². The summed E-state index contributed by atoms with van der Waals surface area (Å²) in [6, 6.07) is 10.8. The number of imidazole rings is 1. The van der Waals surface area contributed by atoms with Crippen LogP contribution in [0.5, 0.6) is 0 Å². The molecule has 0 spiro atoms. The van der Waals surface area contributed by atoms with Gasteiger partial charge < -0.3 is 21.3 Å². The number of nitrogens with two attached hydrogens (primary N) is 1. The van der Waals surface area contributed by atoms with Gasteiger partial charge in [0.1, 0.15) is 12.0 Å². The van der Waals surface area contributed by atoms with E-state index >= 15 is 0 Å². The van der Waals surface area contributed by atoms with Gasteiger partial charge >= 0.3 is 0 Å². The van der Waals surface area contributed by atoms with Gasteiger partial charge in [-0.1, -0.05) is 24.9 Å². The topological polar surface area (TPSA) is 163 Å². The van der Waals surface area contributed by atoms with E-state index < -0.39 is 27.5 Å². The Kier molecular flexibility index (Phi) is 9.23. The van der Waals surface area contributed by atoms with E-state index in [0.29, 0.717) is 17.9 Å². The Labute approximate surface area is 238 Å².